The summed E-state index contributed by atoms with van der Waals surface area (Å²) >= 11 is 0. The quantitative estimate of drug-likeness (QED) is 0.760. The average Bonchev–Trinajstić information content (AvgIpc) is 2.70. The summed E-state index contributed by atoms with van der Waals surface area (Å²) in [5.41, 5.74) is 0.139. The third kappa shape index (κ3) is 4.83. The summed E-state index contributed by atoms with van der Waals surface area (Å²) < 4.78 is 58.6. The van der Waals surface area contributed by atoms with Gasteiger partial charge in [0.05, 0.1) is 30.3 Å². The van der Waals surface area contributed by atoms with E-state index < -0.39 is 27.6 Å². The summed E-state index contributed by atoms with van der Waals surface area (Å²) in [7, 11) is -3.66. The van der Waals surface area contributed by atoms with Crippen LogP contribution in [0.2, 0.25) is 0 Å². The molecule has 150 valence electrons. The standard InChI is InChI=1S/C18H19F2N3O4S/c19-13-4-5-16(20)17(10-13)22-18(24)12-21-14-2-1-3-15(11-14)28(25,26)23-6-8-27-9-7-23/h1-5,10-11,21H,6-9,12H2,(H,22,24). The molecule has 0 aromatic heterocycles. The molecule has 1 amide bonds. The van der Waals surface area contributed by atoms with Crippen molar-refractivity contribution in [3.63, 3.8) is 0 Å². The van der Waals surface area contributed by atoms with E-state index in [2.05, 4.69) is 10.6 Å². The van der Waals surface area contributed by atoms with Gasteiger partial charge in [0.25, 0.3) is 0 Å². The number of nitrogens with one attached hydrogen (secondary N) is 2. The average molecular weight is 411 g/mol. The first kappa shape index (κ1) is 20.2. The molecule has 3 rings (SSSR count). The Hall–Kier alpha value is -2.56. The van der Waals surface area contributed by atoms with E-state index in [1.54, 1.807) is 12.1 Å². The molecule has 1 fully saturated rings. The van der Waals surface area contributed by atoms with Crippen LogP contribution in [0.3, 0.4) is 0 Å². The molecule has 0 radical (unpaired) electrons. The molecule has 28 heavy (non-hydrogen) atoms. The first-order valence-electron chi connectivity index (χ1n) is 8.53. The molecule has 1 saturated heterocycles. The second-order valence-corrected chi connectivity index (χ2v) is 8.01. The number of amides is 1. The van der Waals surface area contributed by atoms with Gasteiger partial charge in [-0.3, -0.25) is 4.79 Å². The topological polar surface area (TPSA) is 87.7 Å². The van der Waals surface area contributed by atoms with Gasteiger partial charge < -0.3 is 15.4 Å². The molecule has 10 heteroatoms. The molecule has 0 atom stereocenters. The SMILES string of the molecule is O=C(CNc1cccc(S(=O)(=O)N2CCOCC2)c1)Nc1cc(F)ccc1F. The molecule has 1 heterocycles. The van der Waals surface area contributed by atoms with Gasteiger partial charge in [-0.25, -0.2) is 17.2 Å². The predicted octanol–water partition coefficient (Wildman–Crippen LogP) is 2.04. The minimum absolute atomic E-state index is 0.0935. The van der Waals surface area contributed by atoms with Crippen molar-refractivity contribution in [2.24, 2.45) is 0 Å². The molecule has 0 unspecified atom stereocenters. The van der Waals surface area contributed by atoms with Crippen molar-refractivity contribution in [1.29, 1.82) is 0 Å². The lowest BCUT2D eigenvalue weighted by Crippen LogP contribution is -2.40. The van der Waals surface area contributed by atoms with Gasteiger partial charge in [-0.15, -0.1) is 0 Å². The van der Waals surface area contributed by atoms with Crippen molar-refractivity contribution in [2.45, 2.75) is 4.90 Å². The predicted molar refractivity (Wildman–Crippen MR) is 99.5 cm³/mol. The molecular weight excluding hydrogens is 392 g/mol. The number of carbonyl (C=O) groups is 1. The normalized spacial score (nSPS) is 15.2. The van der Waals surface area contributed by atoms with Crippen LogP contribution in [-0.2, 0) is 19.6 Å². The number of carbonyl (C=O) groups excluding carboxylic acids is 1. The van der Waals surface area contributed by atoms with Gasteiger partial charge in [0.2, 0.25) is 15.9 Å². The number of hydrogen-bond acceptors (Lipinski definition) is 5. The second-order valence-electron chi connectivity index (χ2n) is 6.07. The molecule has 1 aliphatic rings. The number of halogens is 2. The first-order valence-corrected chi connectivity index (χ1v) is 9.97. The minimum Gasteiger partial charge on any atom is -0.379 e. The summed E-state index contributed by atoms with van der Waals surface area (Å²) in [6, 6.07) is 8.79. The first-order chi connectivity index (χ1) is 13.4. The fourth-order valence-corrected chi connectivity index (χ4v) is 4.13. The molecular formula is C18H19F2N3O4S. The van der Waals surface area contributed by atoms with E-state index in [4.69, 9.17) is 4.74 Å². The van der Waals surface area contributed by atoms with E-state index in [1.165, 1.54) is 16.4 Å². The number of nitrogens with zero attached hydrogens (tertiary/aromatic N) is 1. The van der Waals surface area contributed by atoms with Crippen LogP contribution < -0.4 is 10.6 Å². The molecule has 0 spiro atoms. The Bertz CT molecular complexity index is 963. The number of rotatable bonds is 6. The Morgan fingerprint density at radius 3 is 2.61 bits per heavy atom. The Morgan fingerprint density at radius 1 is 1.11 bits per heavy atom. The maximum absolute atomic E-state index is 13.6. The Morgan fingerprint density at radius 2 is 1.86 bits per heavy atom. The van der Waals surface area contributed by atoms with E-state index in [-0.39, 0.29) is 30.2 Å². The van der Waals surface area contributed by atoms with Gasteiger partial charge in [0.1, 0.15) is 11.6 Å². The molecule has 0 saturated carbocycles. The third-order valence-electron chi connectivity index (χ3n) is 4.10. The van der Waals surface area contributed by atoms with Crippen LogP contribution in [0, 0.1) is 11.6 Å². The molecule has 2 N–H and O–H groups in total. The molecule has 0 bridgehead atoms. The van der Waals surface area contributed by atoms with Crippen molar-refractivity contribution in [2.75, 3.05) is 43.5 Å². The molecule has 2 aromatic carbocycles. The van der Waals surface area contributed by atoms with Gasteiger partial charge in [-0.2, -0.15) is 4.31 Å². The van der Waals surface area contributed by atoms with Gasteiger partial charge in [0.15, 0.2) is 0 Å². The lowest BCUT2D eigenvalue weighted by molar-refractivity contribution is -0.114. The van der Waals surface area contributed by atoms with E-state index in [0.717, 1.165) is 18.2 Å². The highest BCUT2D eigenvalue weighted by molar-refractivity contribution is 7.89. The number of ether oxygens (including phenoxy) is 1. The van der Waals surface area contributed by atoms with Crippen LogP contribution in [0.4, 0.5) is 20.2 Å². The smallest absolute Gasteiger partial charge is 0.243 e. The number of anilines is 2. The van der Waals surface area contributed by atoms with E-state index in [0.29, 0.717) is 18.9 Å². The molecule has 7 nitrogen and oxygen atoms in total. The maximum Gasteiger partial charge on any atom is 0.243 e. The lowest BCUT2D eigenvalue weighted by Gasteiger charge is -2.26. The zero-order valence-corrected chi connectivity index (χ0v) is 15.6. The summed E-state index contributed by atoms with van der Waals surface area (Å²) in [5, 5.41) is 5.04. The van der Waals surface area contributed by atoms with Gasteiger partial charge in [-0.05, 0) is 30.3 Å². The summed E-state index contributed by atoms with van der Waals surface area (Å²) in [6.45, 7) is 0.988. The molecule has 0 aliphatic carbocycles. The Kier molecular flexibility index (Phi) is 6.22. The molecule has 1 aliphatic heterocycles. The van der Waals surface area contributed by atoms with Crippen LogP contribution in [-0.4, -0.2) is 51.5 Å². The van der Waals surface area contributed by atoms with Crippen molar-refractivity contribution >= 4 is 27.3 Å². The third-order valence-corrected chi connectivity index (χ3v) is 5.99. The highest BCUT2D eigenvalue weighted by Crippen LogP contribution is 2.21. The van der Waals surface area contributed by atoms with E-state index >= 15 is 0 Å². The van der Waals surface area contributed by atoms with Crippen molar-refractivity contribution in [3.05, 3.63) is 54.1 Å². The summed E-state index contributed by atoms with van der Waals surface area (Å²) in [5.74, 6) is -2.04. The fraction of sp³-hybridized carbons (Fsp3) is 0.278. The fourth-order valence-electron chi connectivity index (χ4n) is 2.67. The highest BCUT2D eigenvalue weighted by Gasteiger charge is 2.26. The second kappa shape index (κ2) is 8.63. The minimum atomic E-state index is -3.66. The number of sulfonamides is 1. The maximum atomic E-state index is 13.6. The van der Waals surface area contributed by atoms with Crippen LogP contribution in [0.5, 0.6) is 0 Å². The Balaban J connectivity index is 1.64. The van der Waals surface area contributed by atoms with E-state index in [9.17, 15) is 22.0 Å². The summed E-state index contributed by atoms with van der Waals surface area (Å²) in [6.07, 6.45) is 0. The summed E-state index contributed by atoms with van der Waals surface area (Å²) in [4.78, 5) is 12.1. The van der Waals surface area contributed by atoms with Gasteiger partial charge in [-0.1, -0.05) is 6.07 Å². The van der Waals surface area contributed by atoms with Crippen molar-refractivity contribution in [1.82, 2.24) is 4.31 Å². The zero-order valence-electron chi connectivity index (χ0n) is 14.8. The lowest BCUT2D eigenvalue weighted by atomic mass is 10.3. The van der Waals surface area contributed by atoms with Crippen LogP contribution in [0.15, 0.2) is 47.4 Å². The monoisotopic (exact) mass is 411 g/mol. The largest absolute Gasteiger partial charge is 0.379 e. The van der Waals surface area contributed by atoms with Crippen molar-refractivity contribution in [3.8, 4) is 0 Å². The van der Waals surface area contributed by atoms with Crippen molar-refractivity contribution < 1.29 is 26.7 Å². The van der Waals surface area contributed by atoms with E-state index in [1.807, 2.05) is 0 Å². The van der Waals surface area contributed by atoms with Gasteiger partial charge >= 0.3 is 0 Å². The zero-order chi connectivity index (χ0) is 20.1. The van der Waals surface area contributed by atoms with Crippen LogP contribution in [0.25, 0.3) is 0 Å². The van der Waals surface area contributed by atoms with Crippen LogP contribution >= 0.6 is 0 Å². The Labute approximate surface area is 161 Å². The highest BCUT2D eigenvalue weighted by atomic mass is 32.2. The number of benzene rings is 2. The molecule has 2 aromatic rings. The number of hydrogen-bond donors (Lipinski definition) is 2. The van der Waals surface area contributed by atoms with Crippen LogP contribution in [0.1, 0.15) is 0 Å². The van der Waals surface area contributed by atoms with Gasteiger partial charge in [0, 0.05) is 24.8 Å². The number of morpholine rings is 1.